The maximum Gasteiger partial charge on any atom is 0.267 e. The number of carbonyl (C=O) groups excluding carboxylic acids is 1. The fraction of sp³-hybridized carbons (Fsp3) is 0.571. The minimum Gasteiger partial charge on any atom is -0.348 e. The van der Waals surface area contributed by atoms with E-state index in [0.717, 1.165) is 42.1 Å². The van der Waals surface area contributed by atoms with Crippen molar-refractivity contribution in [1.29, 1.82) is 0 Å². The molecule has 6 nitrogen and oxygen atoms in total. The van der Waals surface area contributed by atoms with Gasteiger partial charge in [0, 0.05) is 36.7 Å². The van der Waals surface area contributed by atoms with Crippen molar-refractivity contribution in [2.24, 2.45) is 0 Å². The van der Waals surface area contributed by atoms with Crippen molar-refractivity contribution in [3.63, 3.8) is 0 Å². The van der Waals surface area contributed by atoms with Crippen LogP contribution >= 0.6 is 11.3 Å². The number of amides is 1. The number of hydrogen-bond donors (Lipinski definition) is 1. The second-order valence-corrected chi connectivity index (χ2v) is 8.67. The molecule has 1 amide bonds. The third-order valence-corrected chi connectivity index (χ3v) is 6.85. The van der Waals surface area contributed by atoms with Crippen molar-refractivity contribution in [2.45, 2.75) is 51.5 Å². The van der Waals surface area contributed by atoms with Gasteiger partial charge in [-0.25, -0.2) is 4.98 Å². The van der Waals surface area contributed by atoms with Crippen LogP contribution in [0.1, 0.15) is 54.4 Å². The van der Waals surface area contributed by atoms with E-state index in [1.54, 1.807) is 12.4 Å². The van der Waals surface area contributed by atoms with Crippen LogP contribution in [0.25, 0.3) is 0 Å². The van der Waals surface area contributed by atoms with Gasteiger partial charge in [0.25, 0.3) is 5.91 Å². The first-order valence-corrected chi connectivity index (χ1v) is 11.3. The molecule has 2 saturated heterocycles. The van der Waals surface area contributed by atoms with E-state index in [0.29, 0.717) is 4.88 Å². The second-order valence-electron chi connectivity index (χ2n) is 7.67. The molecule has 2 aromatic rings. The number of nitrogens with one attached hydrogen (secondary N) is 1. The van der Waals surface area contributed by atoms with Gasteiger partial charge in [-0.3, -0.25) is 9.78 Å². The zero-order chi connectivity index (χ0) is 19.3. The Bertz CT molecular complexity index is 794. The molecule has 0 aromatic carbocycles. The highest BCUT2D eigenvalue weighted by Gasteiger charge is 2.27. The molecule has 0 aliphatic carbocycles. The van der Waals surface area contributed by atoms with Gasteiger partial charge in [0.05, 0.1) is 6.20 Å². The molecule has 2 aliphatic rings. The molecule has 28 heavy (non-hydrogen) atoms. The van der Waals surface area contributed by atoms with E-state index in [2.05, 4.69) is 32.0 Å². The molecule has 150 valence electrons. The number of hydrogen-bond acceptors (Lipinski definition) is 6. The fourth-order valence-electron chi connectivity index (χ4n) is 4.16. The molecular formula is C21H29N5OS. The number of carbonyl (C=O) groups is 1. The molecule has 0 unspecified atom stereocenters. The zero-order valence-electron chi connectivity index (χ0n) is 16.6. The van der Waals surface area contributed by atoms with Crippen molar-refractivity contribution in [1.82, 2.24) is 14.9 Å². The Kier molecular flexibility index (Phi) is 6.22. The number of aromatic nitrogens is 2. The van der Waals surface area contributed by atoms with E-state index >= 15 is 0 Å². The van der Waals surface area contributed by atoms with E-state index in [4.69, 9.17) is 0 Å². The summed E-state index contributed by atoms with van der Waals surface area (Å²) in [6.07, 6.45) is 10.8. The Hall–Kier alpha value is -1.99. The highest BCUT2D eigenvalue weighted by molar-refractivity contribution is 7.17. The zero-order valence-corrected chi connectivity index (χ0v) is 17.4. The summed E-state index contributed by atoms with van der Waals surface area (Å²) in [6, 6.07) is 4.47. The summed E-state index contributed by atoms with van der Waals surface area (Å²) < 4.78 is 0. The normalized spacial score (nSPS) is 19.0. The average molecular weight is 400 g/mol. The smallest absolute Gasteiger partial charge is 0.267 e. The summed E-state index contributed by atoms with van der Waals surface area (Å²) in [7, 11) is 0. The monoisotopic (exact) mass is 399 g/mol. The minimum absolute atomic E-state index is 0.0970. The second kappa shape index (κ2) is 9.01. The molecule has 2 aliphatic heterocycles. The molecule has 2 aromatic heterocycles. The Morgan fingerprint density at radius 2 is 1.96 bits per heavy atom. The third kappa shape index (κ3) is 4.52. The van der Waals surface area contributed by atoms with Crippen molar-refractivity contribution < 1.29 is 4.79 Å². The number of anilines is 2. The first kappa shape index (κ1) is 19.3. The lowest BCUT2D eigenvalue weighted by Crippen LogP contribution is -2.46. The molecule has 0 bridgehead atoms. The number of likely N-dealkylation sites (tertiary alicyclic amines) is 1. The first-order valence-electron chi connectivity index (χ1n) is 10.4. The minimum atomic E-state index is -0.0970. The summed E-state index contributed by atoms with van der Waals surface area (Å²) in [5.74, 6) is -0.0970. The van der Waals surface area contributed by atoms with Gasteiger partial charge in [0.1, 0.15) is 4.88 Å². The number of piperidine rings is 2. The van der Waals surface area contributed by atoms with Gasteiger partial charge < -0.3 is 15.1 Å². The predicted molar refractivity (Wildman–Crippen MR) is 114 cm³/mol. The van der Waals surface area contributed by atoms with Crippen LogP contribution in [0.15, 0.2) is 24.5 Å². The van der Waals surface area contributed by atoms with Crippen LogP contribution in [-0.2, 0) is 6.42 Å². The van der Waals surface area contributed by atoms with Gasteiger partial charge in [0.2, 0.25) is 0 Å². The molecule has 4 rings (SSSR count). The Labute approximate surface area is 171 Å². The van der Waals surface area contributed by atoms with Gasteiger partial charge in [-0.05, 0) is 57.3 Å². The third-order valence-electron chi connectivity index (χ3n) is 5.80. The molecular weight excluding hydrogens is 370 g/mol. The molecule has 0 spiro atoms. The van der Waals surface area contributed by atoms with Crippen LogP contribution in [0.2, 0.25) is 0 Å². The standard InChI is InChI=1S/C21H29N5OS/c1-2-16-14-17(6-9-22-16)24-20(27)19-15-23-21(28-19)26-12-7-18(8-13-26)25-10-4-3-5-11-25/h6,9,14-15,18H,2-5,7-8,10-13H2,1H3,(H,22,24,27). The van der Waals surface area contributed by atoms with Crippen LogP contribution in [-0.4, -0.2) is 53.0 Å². The van der Waals surface area contributed by atoms with Crippen LogP contribution in [0.5, 0.6) is 0 Å². The SMILES string of the molecule is CCc1cc(NC(=O)c2cnc(N3CCC(N4CCCCC4)CC3)s2)ccn1. The summed E-state index contributed by atoms with van der Waals surface area (Å²) >= 11 is 1.49. The largest absolute Gasteiger partial charge is 0.348 e. The molecule has 0 radical (unpaired) electrons. The van der Waals surface area contributed by atoms with Gasteiger partial charge in [-0.1, -0.05) is 24.7 Å². The number of nitrogens with zero attached hydrogens (tertiary/aromatic N) is 4. The van der Waals surface area contributed by atoms with Crippen molar-refractivity contribution >= 4 is 28.1 Å². The molecule has 4 heterocycles. The Balaban J connectivity index is 1.33. The summed E-state index contributed by atoms with van der Waals surface area (Å²) in [5.41, 5.74) is 1.76. The molecule has 0 atom stereocenters. The maximum atomic E-state index is 12.6. The lowest BCUT2D eigenvalue weighted by atomic mass is 10.0. The summed E-state index contributed by atoms with van der Waals surface area (Å²) in [5, 5.41) is 3.93. The average Bonchev–Trinajstić information content (AvgIpc) is 3.25. The van der Waals surface area contributed by atoms with Gasteiger partial charge in [-0.15, -0.1) is 0 Å². The van der Waals surface area contributed by atoms with Crippen LogP contribution in [0.4, 0.5) is 10.8 Å². The van der Waals surface area contributed by atoms with Gasteiger partial charge in [-0.2, -0.15) is 0 Å². The van der Waals surface area contributed by atoms with E-state index < -0.39 is 0 Å². The number of aryl methyl sites for hydroxylation is 1. The quantitative estimate of drug-likeness (QED) is 0.828. The predicted octanol–water partition coefficient (Wildman–Crippen LogP) is 3.81. The topological polar surface area (TPSA) is 61.4 Å². The van der Waals surface area contributed by atoms with Crippen LogP contribution < -0.4 is 10.2 Å². The van der Waals surface area contributed by atoms with E-state index in [1.165, 1.54) is 56.5 Å². The van der Waals surface area contributed by atoms with E-state index in [9.17, 15) is 4.79 Å². The first-order chi connectivity index (χ1) is 13.7. The summed E-state index contributed by atoms with van der Waals surface area (Å²) in [6.45, 7) is 6.64. The lowest BCUT2D eigenvalue weighted by molar-refractivity contribution is 0.103. The maximum absolute atomic E-state index is 12.6. The number of thiazole rings is 1. The fourth-order valence-corrected chi connectivity index (χ4v) is 5.03. The molecule has 2 fully saturated rings. The lowest BCUT2D eigenvalue weighted by Gasteiger charge is -2.40. The van der Waals surface area contributed by atoms with Crippen LogP contribution in [0.3, 0.4) is 0 Å². The van der Waals surface area contributed by atoms with Crippen molar-refractivity contribution in [2.75, 3.05) is 36.4 Å². The number of pyridine rings is 1. The number of rotatable bonds is 5. The Morgan fingerprint density at radius 3 is 2.71 bits per heavy atom. The van der Waals surface area contributed by atoms with E-state index in [-0.39, 0.29) is 5.91 Å². The molecule has 0 saturated carbocycles. The molecule has 7 heteroatoms. The highest BCUT2D eigenvalue weighted by Crippen LogP contribution is 2.28. The summed E-state index contributed by atoms with van der Waals surface area (Å²) in [4.78, 5) is 27.1. The van der Waals surface area contributed by atoms with Crippen molar-refractivity contribution in [3.05, 3.63) is 35.1 Å². The molecule has 1 N–H and O–H groups in total. The highest BCUT2D eigenvalue weighted by atomic mass is 32.1. The van der Waals surface area contributed by atoms with Crippen LogP contribution in [0, 0.1) is 0 Å². The van der Waals surface area contributed by atoms with E-state index in [1.807, 2.05) is 12.1 Å². The van der Waals surface area contributed by atoms with Gasteiger partial charge >= 0.3 is 0 Å². The Morgan fingerprint density at radius 1 is 1.18 bits per heavy atom. The van der Waals surface area contributed by atoms with Gasteiger partial charge in [0.15, 0.2) is 5.13 Å². The van der Waals surface area contributed by atoms with Crippen molar-refractivity contribution in [3.8, 4) is 0 Å².